The number of rotatable bonds is 6. The van der Waals surface area contributed by atoms with Crippen LogP contribution in [0.1, 0.15) is 12.5 Å². The maximum atomic E-state index is 12.8. The van der Waals surface area contributed by atoms with Gasteiger partial charge in [-0.15, -0.1) is 0 Å². The maximum Gasteiger partial charge on any atom is 0.416 e. The van der Waals surface area contributed by atoms with E-state index in [1.165, 1.54) is 31.4 Å². The van der Waals surface area contributed by atoms with E-state index in [2.05, 4.69) is 0 Å². The van der Waals surface area contributed by atoms with Gasteiger partial charge in [0.2, 0.25) is 7.37 Å². The van der Waals surface area contributed by atoms with E-state index in [1.807, 2.05) is 0 Å². The van der Waals surface area contributed by atoms with Crippen LogP contribution in [0.4, 0.5) is 18.9 Å². The molecule has 0 radical (unpaired) electrons. The van der Waals surface area contributed by atoms with Crippen LogP contribution < -0.4 is 5.30 Å². The molecule has 1 atom stereocenters. The van der Waals surface area contributed by atoms with E-state index in [0.717, 1.165) is 23.9 Å². The molecule has 0 aromatic heterocycles. The Bertz CT molecular complexity index is 915. The van der Waals surface area contributed by atoms with Crippen LogP contribution in [-0.4, -0.2) is 18.2 Å². The van der Waals surface area contributed by atoms with Crippen molar-refractivity contribution in [3.63, 3.8) is 0 Å². The highest BCUT2D eigenvalue weighted by atomic mass is 35.5. The standard InChI is InChI=1S/C16H14ClF3NO4PS/c1-3-26(24,25-2)14-9-11(5-6-13(14)21(22)23)27-15-7-4-10(8-12(15)17)16(18,19)20/h4-9H,3H2,1-2H3. The number of halogens is 4. The Kier molecular flexibility index (Phi) is 6.63. The lowest BCUT2D eigenvalue weighted by Gasteiger charge is -2.16. The highest BCUT2D eigenvalue weighted by molar-refractivity contribution is 7.99. The molecule has 0 heterocycles. The third-order valence-corrected chi connectivity index (χ3v) is 7.71. The van der Waals surface area contributed by atoms with Crippen LogP contribution in [-0.2, 0) is 15.3 Å². The van der Waals surface area contributed by atoms with E-state index >= 15 is 0 Å². The smallest absolute Gasteiger partial charge is 0.328 e. The van der Waals surface area contributed by atoms with Crippen molar-refractivity contribution >= 4 is 41.7 Å². The van der Waals surface area contributed by atoms with Crippen LogP contribution in [0.25, 0.3) is 0 Å². The molecule has 2 aromatic carbocycles. The Morgan fingerprint density at radius 3 is 2.41 bits per heavy atom. The van der Waals surface area contributed by atoms with E-state index < -0.39 is 24.0 Å². The number of nitrogens with zero attached hydrogens (tertiary/aromatic N) is 1. The zero-order chi connectivity index (χ0) is 20.4. The number of hydrogen-bond donors (Lipinski definition) is 0. The van der Waals surface area contributed by atoms with Gasteiger partial charge in [0.05, 0.1) is 15.5 Å². The lowest BCUT2D eigenvalue weighted by Crippen LogP contribution is -2.13. The van der Waals surface area contributed by atoms with Crippen LogP contribution in [0.3, 0.4) is 0 Å². The molecule has 0 spiro atoms. The van der Waals surface area contributed by atoms with Crippen LogP contribution in [0.5, 0.6) is 0 Å². The summed E-state index contributed by atoms with van der Waals surface area (Å²) >= 11 is 6.95. The van der Waals surface area contributed by atoms with Gasteiger partial charge in [0, 0.05) is 29.1 Å². The van der Waals surface area contributed by atoms with Crippen LogP contribution in [0.2, 0.25) is 5.02 Å². The molecule has 0 aliphatic heterocycles. The normalized spacial score (nSPS) is 14.0. The van der Waals surface area contributed by atoms with Crippen molar-refractivity contribution in [2.75, 3.05) is 13.3 Å². The summed E-state index contributed by atoms with van der Waals surface area (Å²) in [5.74, 6) is 0. The molecule has 0 N–H and O–H groups in total. The minimum Gasteiger partial charge on any atom is -0.328 e. The molecule has 0 saturated heterocycles. The summed E-state index contributed by atoms with van der Waals surface area (Å²) < 4.78 is 56.1. The molecular formula is C16H14ClF3NO4PS. The van der Waals surface area contributed by atoms with Crippen molar-refractivity contribution in [1.82, 2.24) is 0 Å². The Morgan fingerprint density at radius 1 is 1.26 bits per heavy atom. The third kappa shape index (κ3) is 4.85. The van der Waals surface area contributed by atoms with Crippen LogP contribution in [0.15, 0.2) is 46.2 Å². The summed E-state index contributed by atoms with van der Waals surface area (Å²) in [6.45, 7) is 1.58. The summed E-state index contributed by atoms with van der Waals surface area (Å²) in [6, 6.07) is 6.87. The largest absolute Gasteiger partial charge is 0.416 e. The summed E-state index contributed by atoms with van der Waals surface area (Å²) in [7, 11) is -2.23. The van der Waals surface area contributed by atoms with Gasteiger partial charge in [0.1, 0.15) is 5.30 Å². The second-order valence-electron chi connectivity index (χ2n) is 5.32. The second kappa shape index (κ2) is 8.22. The van der Waals surface area contributed by atoms with Crippen molar-refractivity contribution in [3.8, 4) is 0 Å². The van der Waals surface area contributed by atoms with Crippen molar-refractivity contribution < 1.29 is 27.2 Å². The SMILES string of the molecule is CCP(=O)(OC)c1cc(Sc2ccc(C(F)(F)F)cc2Cl)ccc1[N+](=O)[O-]. The minimum absolute atomic E-state index is 0.0504. The minimum atomic E-state index is -4.51. The molecule has 0 bridgehead atoms. The predicted octanol–water partition coefficient (Wildman–Crippen LogP) is 5.99. The Morgan fingerprint density at radius 2 is 1.93 bits per heavy atom. The summed E-state index contributed by atoms with van der Waals surface area (Å²) in [5.41, 5.74) is -1.22. The van der Waals surface area contributed by atoms with Gasteiger partial charge in [-0.05, 0) is 30.3 Å². The van der Waals surface area contributed by atoms with Gasteiger partial charge in [0.25, 0.3) is 5.69 Å². The highest BCUT2D eigenvalue weighted by Crippen LogP contribution is 2.48. The van der Waals surface area contributed by atoms with Crippen molar-refractivity contribution in [1.29, 1.82) is 0 Å². The molecule has 0 saturated carbocycles. The Hall–Kier alpha value is -1.54. The fourth-order valence-electron chi connectivity index (χ4n) is 2.28. The molecule has 2 rings (SSSR count). The van der Waals surface area contributed by atoms with Crippen LogP contribution >= 0.6 is 30.7 Å². The molecule has 146 valence electrons. The third-order valence-electron chi connectivity index (χ3n) is 3.71. The van der Waals surface area contributed by atoms with Gasteiger partial charge >= 0.3 is 6.18 Å². The number of nitro benzene ring substituents is 1. The lowest BCUT2D eigenvalue weighted by molar-refractivity contribution is -0.383. The first-order valence-corrected chi connectivity index (χ1v) is 10.5. The zero-order valence-electron chi connectivity index (χ0n) is 14.1. The topological polar surface area (TPSA) is 69.4 Å². The highest BCUT2D eigenvalue weighted by Gasteiger charge is 2.32. The Balaban J connectivity index is 2.46. The van der Waals surface area contributed by atoms with Crippen molar-refractivity contribution in [2.24, 2.45) is 0 Å². The van der Waals surface area contributed by atoms with E-state index in [4.69, 9.17) is 16.1 Å². The molecule has 27 heavy (non-hydrogen) atoms. The molecule has 0 fully saturated rings. The van der Waals surface area contributed by atoms with Gasteiger partial charge in [-0.2, -0.15) is 13.2 Å². The van der Waals surface area contributed by atoms with Gasteiger partial charge in [-0.1, -0.05) is 30.3 Å². The number of alkyl halides is 3. The first kappa shape index (κ1) is 21.8. The molecule has 0 amide bonds. The van der Waals surface area contributed by atoms with Gasteiger partial charge in [-0.3, -0.25) is 14.7 Å². The quantitative estimate of drug-likeness (QED) is 0.314. The van der Waals surface area contributed by atoms with Gasteiger partial charge < -0.3 is 4.52 Å². The second-order valence-corrected chi connectivity index (χ2v) is 9.67. The molecule has 5 nitrogen and oxygen atoms in total. The van der Waals surface area contributed by atoms with Crippen molar-refractivity contribution in [3.05, 3.63) is 57.1 Å². The van der Waals surface area contributed by atoms with Crippen LogP contribution in [0, 0.1) is 10.1 Å². The van der Waals surface area contributed by atoms with E-state index in [-0.39, 0.29) is 22.2 Å². The fourth-order valence-corrected chi connectivity index (χ4v) is 5.16. The molecule has 1 unspecified atom stereocenters. The summed E-state index contributed by atoms with van der Waals surface area (Å²) in [4.78, 5) is 11.4. The number of benzene rings is 2. The predicted molar refractivity (Wildman–Crippen MR) is 98.5 cm³/mol. The molecule has 11 heteroatoms. The van der Waals surface area contributed by atoms with E-state index in [0.29, 0.717) is 9.79 Å². The van der Waals surface area contributed by atoms with Crippen molar-refractivity contribution in [2.45, 2.75) is 22.9 Å². The summed E-state index contributed by atoms with van der Waals surface area (Å²) in [6.07, 6.45) is -4.46. The van der Waals surface area contributed by atoms with Gasteiger partial charge in [-0.25, -0.2) is 0 Å². The summed E-state index contributed by atoms with van der Waals surface area (Å²) in [5, 5.41) is 11.1. The lowest BCUT2D eigenvalue weighted by atomic mass is 10.2. The van der Waals surface area contributed by atoms with E-state index in [9.17, 15) is 27.9 Å². The number of hydrogen-bond acceptors (Lipinski definition) is 5. The Labute approximate surface area is 162 Å². The fraction of sp³-hybridized carbons (Fsp3) is 0.250. The average molecular weight is 440 g/mol. The average Bonchev–Trinajstić information content (AvgIpc) is 2.61. The first-order chi connectivity index (χ1) is 12.5. The molecule has 0 aliphatic rings. The zero-order valence-corrected chi connectivity index (χ0v) is 16.6. The van der Waals surface area contributed by atoms with Gasteiger partial charge in [0.15, 0.2) is 0 Å². The van der Waals surface area contributed by atoms with E-state index in [1.54, 1.807) is 6.92 Å². The molecule has 2 aromatic rings. The monoisotopic (exact) mass is 439 g/mol. The molecule has 0 aliphatic carbocycles. The maximum absolute atomic E-state index is 12.8. The molecular weight excluding hydrogens is 426 g/mol. The number of nitro groups is 1. The first-order valence-electron chi connectivity index (χ1n) is 7.50.